The van der Waals surface area contributed by atoms with E-state index in [0.717, 1.165) is 0 Å². The number of hydrogen-bond donors (Lipinski definition) is 2. The second-order valence-electron chi connectivity index (χ2n) is 7.08. The van der Waals surface area contributed by atoms with Gasteiger partial charge in [0.15, 0.2) is 0 Å². The number of piperidine rings is 1. The number of aliphatic carboxylic acids is 1. The molecule has 118 valence electrons. The summed E-state index contributed by atoms with van der Waals surface area (Å²) >= 11 is 0. The molecule has 2 aliphatic carbocycles. The Morgan fingerprint density at radius 2 is 1.71 bits per heavy atom. The van der Waals surface area contributed by atoms with Gasteiger partial charge in [0.25, 0.3) is 0 Å². The maximum atomic E-state index is 12.4. The molecule has 0 atom stereocenters. The quantitative estimate of drug-likeness (QED) is 0.818. The van der Waals surface area contributed by atoms with Crippen LogP contribution in [0.1, 0.15) is 51.9 Å². The monoisotopic (exact) mass is 294 g/mol. The molecule has 0 aromatic carbocycles. The maximum Gasteiger partial charge on any atom is 0.317 e. The van der Waals surface area contributed by atoms with Gasteiger partial charge in [-0.05, 0) is 56.8 Å². The summed E-state index contributed by atoms with van der Waals surface area (Å²) in [5.74, 6) is 0.680. The third-order valence-corrected chi connectivity index (χ3v) is 5.69. The van der Waals surface area contributed by atoms with E-state index in [1.165, 1.54) is 25.7 Å². The van der Waals surface area contributed by atoms with E-state index in [4.69, 9.17) is 0 Å². The predicted octanol–water partition coefficient (Wildman–Crippen LogP) is 2.46. The van der Waals surface area contributed by atoms with Gasteiger partial charge in [0.1, 0.15) is 0 Å². The van der Waals surface area contributed by atoms with Crippen LogP contribution in [0.4, 0.5) is 4.79 Å². The Hall–Kier alpha value is -1.26. The number of nitrogens with one attached hydrogen (secondary N) is 1. The summed E-state index contributed by atoms with van der Waals surface area (Å²) in [6.45, 7) is 3.06. The van der Waals surface area contributed by atoms with Crippen LogP contribution in [0.15, 0.2) is 0 Å². The van der Waals surface area contributed by atoms with Crippen molar-refractivity contribution in [2.75, 3.05) is 13.1 Å². The summed E-state index contributed by atoms with van der Waals surface area (Å²) in [7, 11) is 0. The van der Waals surface area contributed by atoms with Crippen LogP contribution in [0.2, 0.25) is 0 Å². The first-order valence-corrected chi connectivity index (χ1v) is 8.34. The van der Waals surface area contributed by atoms with Gasteiger partial charge in [-0.1, -0.05) is 6.92 Å². The van der Waals surface area contributed by atoms with Crippen molar-refractivity contribution < 1.29 is 14.7 Å². The number of rotatable bonds is 5. The molecule has 2 saturated carbocycles. The van der Waals surface area contributed by atoms with Gasteiger partial charge in [-0.2, -0.15) is 0 Å². The first-order valence-electron chi connectivity index (χ1n) is 8.34. The first-order chi connectivity index (χ1) is 10.1. The van der Waals surface area contributed by atoms with Crippen molar-refractivity contribution in [1.29, 1.82) is 0 Å². The number of hydrogen-bond acceptors (Lipinski definition) is 2. The predicted molar refractivity (Wildman–Crippen MR) is 78.9 cm³/mol. The van der Waals surface area contributed by atoms with E-state index in [9.17, 15) is 14.7 Å². The van der Waals surface area contributed by atoms with Crippen molar-refractivity contribution in [3.8, 4) is 0 Å². The number of carboxylic acids is 1. The Bertz CT molecular complexity index is 409. The summed E-state index contributed by atoms with van der Waals surface area (Å²) in [6.07, 6.45) is 6.79. The molecule has 0 bridgehead atoms. The van der Waals surface area contributed by atoms with Crippen LogP contribution in [0.25, 0.3) is 0 Å². The highest BCUT2D eigenvalue weighted by Crippen LogP contribution is 2.44. The zero-order valence-corrected chi connectivity index (χ0v) is 12.8. The molecule has 2 amide bonds. The Labute approximate surface area is 126 Å². The van der Waals surface area contributed by atoms with E-state index >= 15 is 0 Å². The molecule has 0 spiro atoms. The lowest BCUT2D eigenvalue weighted by Gasteiger charge is -2.38. The van der Waals surface area contributed by atoms with Crippen LogP contribution < -0.4 is 5.32 Å². The van der Waals surface area contributed by atoms with E-state index in [0.29, 0.717) is 50.2 Å². The van der Waals surface area contributed by atoms with Gasteiger partial charge in [0.05, 0.1) is 5.41 Å². The maximum absolute atomic E-state index is 12.4. The molecule has 0 radical (unpaired) electrons. The molecule has 5 nitrogen and oxygen atoms in total. The fourth-order valence-electron chi connectivity index (χ4n) is 3.62. The lowest BCUT2D eigenvalue weighted by molar-refractivity contribution is -0.151. The minimum absolute atomic E-state index is 0.0221. The van der Waals surface area contributed by atoms with Gasteiger partial charge < -0.3 is 15.3 Å². The normalized spacial score (nSPS) is 25.0. The lowest BCUT2D eigenvalue weighted by atomic mass is 9.76. The van der Waals surface area contributed by atoms with Crippen LogP contribution in [0.3, 0.4) is 0 Å². The number of urea groups is 1. The van der Waals surface area contributed by atoms with Gasteiger partial charge in [-0.3, -0.25) is 4.79 Å². The topological polar surface area (TPSA) is 69.6 Å². The van der Waals surface area contributed by atoms with Gasteiger partial charge in [-0.15, -0.1) is 0 Å². The minimum Gasteiger partial charge on any atom is -0.481 e. The lowest BCUT2D eigenvalue weighted by Crippen LogP contribution is -2.52. The minimum atomic E-state index is -0.709. The highest BCUT2D eigenvalue weighted by atomic mass is 16.4. The Morgan fingerprint density at radius 1 is 1.19 bits per heavy atom. The third-order valence-electron chi connectivity index (χ3n) is 5.69. The van der Waals surface area contributed by atoms with E-state index in [1.807, 2.05) is 11.8 Å². The van der Waals surface area contributed by atoms with Gasteiger partial charge >= 0.3 is 12.0 Å². The molecular formula is C16H26N2O3. The van der Waals surface area contributed by atoms with E-state index in [1.54, 1.807) is 0 Å². The molecule has 3 fully saturated rings. The molecule has 0 aromatic rings. The fraction of sp³-hybridized carbons (Fsp3) is 0.875. The highest BCUT2D eigenvalue weighted by molar-refractivity contribution is 5.77. The molecule has 3 aliphatic rings. The summed E-state index contributed by atoms with van der Waals surface area (Å²) in [6, 6.07) is 0.392. The fourth-order valence-corrected chi connectivity index (χ4v) is 3.62. The van der Waals surface area contributed by atoms with Crippen LogP contribution >= 0.6 is 0 Å². The molecule has 0 aromatic heterocycles. The first kappa shape index (κ1) is 14.7. The molecule has 0 unspecified atom stereocenters. The largest absolute Gasteiger partial charge is 0.481 e. The van der Waals surface area contributed by atoms with Crippen LogP contribution in [-0.2, 0) is 4.79 Å². The van der Waals surface area contributed by atoms with Crippen molar-refractivity contribution in [3.63, 3.8) is 0 Å². The summed E-state index contributed by atoms with van der Waals surface area (Å²) in [4.78, 5) is 25.7. The van der Waals surface area contributed by atoms with E-state index in [2.05, 4.69) is 5.32 Å². The van der Waals surface area contributed by atoms with Crippen molar-refractivity contribution >= 4 is 12.0 Å². The standard InChI is InChI=1S/C16H26N2O3/c1-2-16(14(19)20)7-9-18(10-8-16)15(21)17-13(11-3-4-11)12-5-6-12/h11-13H,2-10H2,1H3,(H,17,21)(H,19,20). The summed E-state index contributed by atoms with van der Waals surface area (Å²) < 4.78 is 0. The van der Waals surface area contributed by atoms with Gasteiger partial charge in [0, 0.05) is 19.1 Å². The number of nitrogens with zero attached hydrogens (tertiary/aromatic N) is 1. The van der Waals surface area contributed by atoms with Crippen molar-refractivity contribution in [1.82, 2.24) is 10.2 Å². The molecule has 3 rings (SSSR count). The molecule has 1 saturated heterocycles. The molecular weight excluding hydrogens is 268 g/mol. The second-order valence-corrected chi connectivity index (χ2v) is 7.08. The van der Waals surface area contributed by atoms with E-state index < -0.39 is 11.4 Å². The molecule has 2 N–H and O–H groups in total. The Balaban J connectivity index is 1.53. The number of carboxylic acid groups (broad SMARTS) is 1. The number of carbonyl (C=O) groups is 2. The summed E-state index contributed by atoms with van der Waals surface area (Å²) in [5.41, 5.74) is -0.622. The third kappa shape index (κ3) is 3.01. The highest BCUT2D eigenvalue weighted by Gasteiger charge is 2.44. The van der Waals surface area contributed by atoms with Crippen LogP contribution in [-0.4, -0.2) is 41.1 Å². The molecule has 5 heteroatoms. The smallest absolute Gasteiger partial charge is 0.317 e. The Kier molecular flexibility index (Phi) is 3.84. The number of carbonyl (C=O) groups excluding carboxylic acids is 1. The van der Waals surface area contributed by atoms with Crippen molar-refractivity contribution in [2.24, 2.45) is 17.3 Å². The molecule has 1 aliphatic heterocycles. The van der Waals surface area contributed by atoms with Crippen molar-refractivity contribution in [3.05, 3.63) is 0 Å². The average Bonchev–Trinajstić information content (AvgIpc) is 3.38. The number of amides is 2. The van der Waals surface area contributed by atoms with Crippen molar-refractivity contribution in [2.45, 2.75) is 57.9 Å². The SMILES string of the molecule is CCC1(C(=O)O)CCN(C(=O)NC(C2CC2)C2CC2)CC1. The summed E-state index contributed by atoms with van der Waals surface area (Å²) in [5, 5.41) is 12.6. The van der Waals surface area contributed by atoms with Crippen LogP contribution in [0.5, 0.6) is 0 Å². The zero-order valence-electron chi connectivity index (χ0n) is 12.8. The van der Waals surface area contributed by atoms with E-state index in [-0.39, 0.29) is 6.03 Å². The number of likely N-dealkylation sites (tertiary alicyclic amines) is 1. The zero-order chi connectivity index (χ0) is 15.0. The van der Waals surface area contributed by atoms with Crippen LogP contribution in [0, 0.1) is 17.3 Å². The van der Waals surface area contributed by atoms with Gasteiger partial charge in [-0.25, -0.2) is 4.79 Å². The second kappa shape index (κ2) is 5.50. The molecule has 1 heterocycles. The molecule has 21 heavy (non-hydrogen) atoms. The Morgan fingerprint density at radius 3 is 2.10 bits per heavy atom. The average molecular weight is 294 g/mol. The van der Waals surface area contributed by atoms with Gasteiger partial charge in [0.2, 0.25) is 0 Å².